The summed E-state index contributed by atoms with van der Waals surface area (Å²) in [5.41, 5.74) is 1.38. The molecule has 2 rings (SSSR count). The molecule has 0 bridgehead atoms. The fourth-order valence-corrected chi connectivity index (χ4v) is 2.44. The van der Waals surface area contributed by atoms with Crippen LogP contribution in [0.1, 0.15) is 24.9 Å². The molecule has 1 aromatic rings. The molecule has 1 saturated heterocycles. The zero-order chi connectivity index (χ0) is 12.1. The smallest absolute Gasteiger partial charge is 0.0473 e. The number of piperazine rings is 1. The lowest BCUT2D eigenvalue weighted by molar-refractivity contribution is 0.139. The Labute approximate surface area is 104 Å². The summed E-state index contributed by atoms with van der Waals surface area (Å²) in [5.74, 6) is 2.74. The lowest BCUT2D eigenvalue weighted by Crippen LogP contribution is -2.51. The molecule has 1 aliphatic rings. The molecule has 17 heavy (non-hydrogen) atoms. The van der Waals surface area contributed by atoms with Gasteiger partial charge in [-0.3, -0.25) is 4.90 Å². The normalized spacial score (nSPS) is 25.4. The maximum atomic E-state index is 5.37. The van der Waals surface area contributed by atoms with E-state index in [2.05, 4.69) is 53.4 Å². The number of nitrogens with zero attached hydrogens (tertiary/aromatic N) is 1. The van der Waals surface area contributed by atoms with Crippen molar-refractivity contribution < 1.29 is 0 Å². The summed E-state index contributed by atoms with van der Waals surface area (Å²) in [6, 6.07) is 11.7. The first-order valence-corrected chi connectivity index (χ1v) is 6.27. The fourth-order valence-electron chi connectivity index (χ4n) is 2.44. The molecule has 2 atom stereocenters. The molecule has 1 heterocycles. The summed E-state index contributed by atoms with van der Waals surface area (Å²) >= 11 is 0. The predicted octanol–water partition coefficient (Wildman–Crippen LogP) is 2.04. The number of rotatable bonds is 3. The molecule has 0 radical (unpaired) electrons. The Balaban J connectivity index is 2.10. The summed E-state index contributed by atoms with van der Waals surface area (Å²) in [5, 5.41) is 3.54. The van der Waals surface area contributed by atoms with Crippen LogP contribution in [0.3, 0.4) is 0 Å². The Bertz CT molecular complexity index is 380. The average molecular weight is 228 g/mol. The molecule has 2 nitrogen and oxygen atoms in total. The van der Waals surface area contributed by atoms with Crippen LogP contribution in [0.25, 0.3) is 0 Å². The maximum Gasteiger partial charge on any atom is 0.0473 e. The van der Waals surface area contributed by atoms with Crippen molar-refractivity contribution >= 4 is 0 Å². The van der Waals surface area contributed by atoms with E-state index in [0.717, 1.165) is 26.1 Å². The van der Waals surface area contributed by atoms with E-state index in [-0.39, 0.29) is 0 Å². The van der Waals surface area contributed by atoms with Gasteiger partial charge in [-0.1, -0.05) is 30.3 Å². The van der Waals surface area contributed by atoms with Gasteiger partial charge in [0.2, 0.25) is 0 Å². The van der Waals surface area contributed by atoms with Gasteiger partial charge in [0.05, 0.1) is 0 Å². The van der Waals surface area contributed by atoms with E-state index >= 15 is 0 Å². The first-order chi connectivity index (χ1) is 8.31. The van der Waals surface area contributed by atoms with Crippen LogP contribution >= 0.6 is 0 Å². The van der Waals surface area contributed by atoms with Gasteiger partial charge in [0, 0.05) is 38.1 Å². The molecule has 2 unspecified atom stereocenters. The van der Waals surface area contributed by atoms with Crippen molar-refractivity contribution in [3.63, 3.8) is 0 Å². The van der Waals surface area contributed by atoms with Crippen LogP contribution in [-0.4, -0.2) is 30.6 Å². The van der Waals surface area contributed by atoms with Crippen LogP contribution in [0.15, 0.2) is 30.3 Å². The topological polar surface area (TPSA) is 15.3 Å². The maximum absolute atomic E-state index is 5.37. The monoisotopic (exact) mass is 228 g/mol. The van der Waals surface area contributed by atoms with Gasteiger partial charge >= 0.3 is 0 Å². The molecule has 2 heteroatoms. The molecule has 1 fully saturated rings. The Hall–Kier alpha value is -1.30. The minimum atomic E-state index is 0.459. The molecule has 0 aliphatic carbocycles. The first kappa shape index (κ1) is 12.2. The third-order valence-corrected chi connectivity index (χ3v) is 3.34. The van der Waals surface area contributed by atoms with Crippen LogP contribution in [0.2, 0.25) is 0 Å². The van der Waals surface area contributed by atoms with Crippen molar-refractivity contribution in [2.75, 3.05) is 19.6 Å². The summed E-state index contributed by atoms with van der Waals surface area (Å²) in [6.45, 7) is 5.29. The van der Waals surface area contributed by atoms with Gasteiger partial charge in [-0.2, -0.15) is 0 Å². The van der Waals surface area contributed by atoms with Gasteiger partial charge < -0.3 is 5.32 Å². The summed E-state index contributed by atoms with van der Waals surface area (Å²) in [4.78, 5) is 2.50. The third-order valence-electron chi connectivity index (χ3n) is 3.34. The molecule has 1 aromatic carbocycles. The van der Waals surface area contributed by atoms with E-state index in [1.165, 1.54) is 5.56 Å². The van der Waals surface area contributed by atoms with Crippen LogP contribution in [0.5, 0.6) is 0 Å². The fraction of sp³-hybridized carbons (Fsp3) is 0.467. The molecule has 90 valence electrons. The van der Waals surface area contributed by atoms with E-state index < -0.39 is 0 Å². The Morgan fingerprint density at radius 3 is 2.88 bits per heavy atom. The van der Waals surface area contributed by atoms with Gasteiger partial charge in [-0.25, -0.2) is 0 Å². The number of hydrogen-bond acceptors (Lipinski definition) is 2. The summed E-state index contributed by atoms with van der Waals surface area (Å²) < 4.78 is 0. The van der Waals surface area contributed by atoms with Gasteiger partial charge in [-0.15, -0.1) is 12.3 Å². The minimum Gasteiger partial charge on any atom is -0.311 e. The molecule has 0 amide bonds. The largest absolute Gasteiger partial charge is 0.311 e. The minimum absolute atomic E-state index is 0.459. The van der Waals surface area contributed by atoms with E-state index in [4.69, 9.17) is 6.42 Å². The lowest BCUT2D eigenvalue weighted by Gasteiger charge is -2.39. The second kappa shape index (κ2) is 5.86. The van der Waals surface area contributed by atoms with Crippen molar-refractivity contribution in [2.24, 2.45) is 0 Å². The highest BCUT2D eigenvalue weighted by atomic mass is 15.2. The summed E-state index contributed by atoms with van der Waals surface area (Å²) in [7, 11) is 0. The Morgan fingerprint density at radius 2 is 2.18 bits per heavy atom. The molecular weight excluding hydrogens is 208 g/mol. The molecule has 0 aromatic heterocycles. The molecule has 1 N–H and O–H groups in total. The second-order valence-corrected chi connectivity index (χ2v) is 4.68. The predicted molar refractivity (Wildman–Crippen MR) is 71.7 cm³/mol. The van der Waals surface area contributed by atoms with Gasteiger partial charge in [0.25, 0.3) is 0 Å². The van der Waals surface area contributed by atoms with Crippen molar-refractivity contribution in [1.29, 1.82) is 0 Å². The van der Waals surface area contributed by atoms with Crippen LogP contribution < -0.4 is 5.32 Å². The van der Waals surface area contributed by atoms with Crippen molar-refractivity contribution in [2.45, 2.75) is 25.4 Å². The SMILES string of the molecule is C#CCCN1CC(C)NCC1c1ccccc1. The number of nitrogens with one attached hydrogen (secondary N) is 1. The van der Waals surface area contributed by atoms with E-state index in [0.29, 0.717) is 12.1 Å². The highest BCUT2D eigenvalue weighted by Gasteiger charge is 2.26. The number of benzene rings is 1. The number of terminal acetylenes is 1. The van der Waals surface area contributed by atoms with Crippen molar-refractivity contribution in [3.05, 3.63) is 35.9 Å². The lowest BCUT2D eigenvalue weighted by atomic mass is 10.0. The van der Waals surface area contributed by atoms with Gasteiger partial charge in [0.15, 0.2) is 0 Å². The highest BCUT2D eigenvalue weighted by molar-refractivity contribution is 5.20. The third kappa shape index (κ3) is 3.09. The highest BCUT2D eigenvalue weighted by Crippen LogP contribution is 2.23. The van der Waals surface area contributed by atoms with E-state index in [1.54, 1.807) is 0 Å². The average Bonchev–Trinajstić information content (AvgIpc) is 2.37. The second-order valence-electron chi connectivity index (χ2n) is 4.68. The van der Waals surface area contributed by atoms with Gasteiger partial charge in [-0.05, 0) is 12.5 Å². The molecule has 0 spiro atoms. The standard InChI is InChI=1S/C15H20N2/c1-3-4-10-17-12-13(2)16-11-15(17)14-8-6-5-7-9-14/h1,5-9,13,15-16H,4,10-12H2,2H3. The molecule has 0 saturated carbocycles. The van der Waals surface area contributed by atoms with Crippen molar-refractivity contribution in [1.82, 2.24) is 10.2 Å². The van der Waals surface area contributed by atoms with Gasteiger partial charge in [0.1, 0.15) is 0 Å². The Kier molecular flexibility index (Phi) is 4.19. The van der Waals surface area contributed by atoms with E-state index in [1.807, 2.05) is 0 Å². The molecular formula is C15H20N2. The number of hydrogen-bond donors (Lipinski definition) is 1. The zero-order valence-corrected chi connectivity index (χ0v) is 10.4. The van der Waals surface area contributed by atoms with Crippen LogP contribution in [-0.2, 0) is 0 Å². The van der Waals surface area contributed by atoms with Crippen LogP contribution in [0.4, 0.5) is 0 Å². The zero-order valence-electron chi connectivity index (χ0n) is 10.4. The van der Waals surface area contributed by atoms with Crippen molar-refractivity contribution in [3.8, 4) is 12.3 Å². The summed E-state index contributed by atoms with van der Waals surface area (Å²) in [6.07, 6.45) is 6.20. The quantitative estimate of drug-likeness (QED) is 0.797. The van der Waals surface area contributed by atoms with Crippen LogP contribution in [0, 0.1) is 12.3 Å². The first-order valence-electron chi connectivity index (χ1n) is 6.27. The van der Waals surface area contributed by atoms with E-state index in [9.17, 15) is 0 Å². The molecule has 1 aliphatic heterocycles. The Morgan fingerprint density at radius 1 is 1.41 bits per heavy atom.